The van der Waals surface area contributed by atoms with Gasteiger partial charge in [0.2, 0.25) is 11.8 Å². The Balaban J connectivity index is 1.55. The van der Waals surface area contributed by atoms with E-state index in [-0.39, 0.29) is 24.0 Å². The lowest BCUT2D eigenvalue weighted by atomic mass is 10.1. The first kappa shape index (κ1) is 21.9. The minimum absolute atomic E-state index is 0.0707. The first-order valence-corrected chi connectivity index (χ1v) is 10.6. The molecule has 0 aliphatic heterocycles. The van der Waals surface area contributed by atoms with Gasteiger partial charge in [0.1, 0.15) is 5.82 Å². The molecule has 9 heteroatoms. The molecule has 0 spiro atoms. The minimum Gasteiger partial charge on any atom is -0.326 e. The van der Waals surface area contributed by atoms with Gasteiger partial charge in [-0.2, -0.15) is 0 Å². The number of amides is 2. The van der Waals surface area contributed by atoms with Crippen molar-refractivity contribution in [2.24, 2.45) is 7.05 Å². The summed E-state index contributed by atoms with van der Waals surface area (Å²) in [5.74, 6) is 0.371. The Kier molecular flexibility index (Phi) is 7.12. The number of anilines is 2. The van der Waals surface area contributed by atoms with Crippen LogP contribution in [-0.2, 0) is 23.1 Å². The van der Waals surface area contributed by atoms with E-state index in [9.17, 15) is 9.59 Å². The smallest absolute Gasteiger partial charge is 0.234 e. The molecule has 30 heavy (non-hydrogen) atoms. The van der Waals surface area contributed by atoms with Crippen molar-refractivity contribution in [3.8, 4) is 0 Å². The summed E-state index contributed by atoms with van der Waals surface area (Å²) in [7, 11) is 1.77. The van der Waals surface area contributed by atoms with Crippen molar-refractivity contribution in [2.75, 3.05) is 16.4 Å². The molecule has 1 heterocycles. The highest BCUT2D eigenvalue weighted by atomic mass is 35.5. The lowest BCUT2D eigenvalue weighted by Gasteiger charge is -2.11. The number of carbonyl (C=O) groups excluding carboxylic acids is 2. The van der Waals surface area contributed by atoms with Crippen molar-refractivity contribution in [1.29, 1.82) is 0 Å². The van der Waals surface area contributed by atoms with Crippen LogP contribution < -0.4 is 10.6 Å². The van der Waals surface area contributed by atoms with Gasteiger partial charge in [-0.05, 0) is 49.2 Å². The molecule has 3 rings (SSSR count). The number of para-hydroxylation sites is 1. The number of thioether (sulfide) groups is 1. The number of benzene rings is 2. The first-order chi connectivity index (χ1) is 14.3. The van der Waals surface area contributed by atoms with Gasteiger partial charge >= 0.3 is 0 Å². The molecule has 0 aliphatic rings. The van der Waals surface area contributed by atoms with Gasteiger partial charge in [0.15, 0.2) is 5.16 Å². The van der Waals surface area contributed by atoms with E-state index in [1.807, 2.05) is 32.0 Å². The lowest BCUT2D eigenvalue weighted by molar-refractivity contribution is -0.116. The third kappa shape index (κ3) is 5.61. The number of hydrogen-bond donors (Lipinski definition) is 2. The molecule has 2 aromatic carbocycles. The third-order valence-electron chi connectivity index (χ3n) is 4.45. The number of nitrogens with zero attached hydrogens (tertiary/aromatic N) is 3. The molecule has 3 aromatic rings. The SMILES string of the molecule is Cc1cccc(C)c1NC(=O)CSc1nnc(CC(=O)Nc2ccc(Cl)cc2)n1C. The monoisotopic (exact) mass is 443 g/mol. The Hall–Kier alpha value is -2.84. The van der Waals surface area contributed by atoms with E-state index < -0.39 is 0 Å². The summed E-state index contributed by atoms with van der Waals surface area (Å²) in [5, 5.41) is 15.1. The van der Waals surface area contributed by atoms with Crippen LogP contribution in [0.3, 0.4) is 0 Å². The predicted molar refractivity (Wildman–Crippen MR) is 120 cm³/mol. The molecule has 0 saturated carbocycles. The quantitative estimate of drug-likeness (QED) is 0.539. The maximum absolute atomic E-state index is 12.4. The van der Waals surface area contributed by atoms with Crippen LogP contribution in [0.1, 0.15) is 17.0 Å². The van der Waals surface area contributed by atoms with Crippen LogP contribution in [0.25, 0.3) is 0 Å². The summed E-state index contributed by atoms with van der Waals surface area (Å²) in [6.45, 7) is 3.92. The fraction of sp³-hybridized carbons (Fsp3) is 0.238. The molecular weight excluding hydrogens is 422 g/mol. The standard InChI is InChI=1S/C21H22ClN5O2S/c1-13-5-4-6-14(2)20(13)24-19(29)12-30-21-26-25-17(27(21)3)11-18(28)23-16-9-7-15(22)8-10-16/h4-10H,11-12H2,1-3H3,(H,23,28)(H,24,29). The lowest BCUT2D eigenvalue weighted by Crippen LogP contribution is -2.17. The van der Waals surface area contributed by atoms with E-state index in [1.165, 1.54) is 11.8 Å². The van der Waals surface area contributed by atoms with Crippen molar-refractivity contribution in [3.05, 3.63) is 64.4 Å². The molecule has 0 atom stereocenters. The minimum atomic E-state index is -0.211. The Bertz CT molecular complexity index is 1050. The van der Waals surface area contributed by atoms with Crippen molar-refractivity contribution in [2.45, 2.75) is 25.4 Å². The van der Waals surface area contributed by atoms with E-state index in [4.69, 9.17) is 11.6 Å². The van der Waals surface area contributed by atoms with Gasteiger partial charge in [0.05, 0.1) is 12.2 Å². The van der Waals surface area contributed by atoms with E-state index in [2.05, 4.69) is 20.8 Å². The highest BCUT2D eigenvalue weighted by Crippen LogP contribution is 2.21. The van der Waals surface area contributed by atoms with E-state index in [0.29, 0.717) is 21.7 Å². The predicted octanol–water partition coefficient (Wildman–Crippen LogP) is 4.00. The van der Waals surface area contributed by atoms with Gasteiger partial charge in [-0.1, -0.05) is 41.6 Å². The Labute approximate surface area is 184 Å². The summed E-state index contributed by atoms with van der Waals surface area (Å²) in [6, 6.07) is 12.7. The highest BCUT2D eigenvalue weighted by Gasteiger charge is 2.15. The second kappa shape index (κ2) is 9.77. The third-order valence-corrected chi connectivity index (χ3v) is 5.72. The number of aromatic nitrogens is 3. The summed E-state index contributed by atoms with van der Waals surface area (Å²) in [4.78, 5) is 24.6. The molecule has 0 unspecified atom stereocenters. The summed E-state index contributed by atoms with van der Waals surface area (Å²) in [5.41, 5.74) is 3.52. The molecule has 0 fully saturated rings. The molecule has 2 amide bonds. The molecule has 0 aliphatic carbocycles. The zero-order valence-electron chi connectivity index (χ0n) is 16.9. The second-order valence-corrected chi connectivity index (χ2v) is 8.17. The largest absolute Gasteiger partial charge is 0.326 e. The van der Waals surface area contributed by atoms with Crippen molar-refractivity contribution in [3.63, 3.8) is 0 Å². The molecule has 0 radical (unpaired) electrons. The number of nitrogens with one attached hydrogen (secondary N) is 2. The molecule has 7 nitrogen and oxygen atoms in total. The Morgan fingerprint density at radius 3 is 2.33 bits per heavy atom. The van der Waals surface area contributed by atoms with Gasteiger partial charge in [-0.25, -0.2) is 0 Å². The molecule has 0 bridgehead atoms. The number of carbonyl (C=O) groups is 2. The van der Waals surface area contributed by atoms with Crippen LogP contribution >= 0.6 is 23.4 Å². The van der Waals surface area contributed by atoms with Crippen LogP contribution in [0.15, 0.2) is 47.6 Å². The normalized spacial score (nSPS) is 10.7. The fourth-order valence-corrected chi connectivity index (χ4v) is 3.68. The molecule has 0 saturated heterocycles. The fourth-order valence-electron chi connectivity index (χ4n) is 2.82. The van der Waals surface area contributed by atoms with Crippen LogP contribution in [0, 0.1) is 13.8 Å². The van der Waals surface area contributed by atoms with Gasteiger partial charge in [-0.3, -0.25) is 9.59 Å². The topological polar surface area (TPSA) is 88.9 Å². The van der Waals surface area contributed by atoms with Crippen LogP contribution in [0.4, 0.5) is 11.4 Å². The molecule has 1 aromatic heterocycles. The maximum atomic E-state index is 12.4. The highest BCUT2D eigenvalue weighted by molar-refractivity contribution is 7.99. The number of halogens is 1. The van der Waals surface area contributed by atoms with Crippen molar-refractivity contribution in [1.82, 2.24) is 14.8 Å². The van der Waals surface area contributed by atoms with Gasteiger partial charge in [0, 0.05) is 23.4 Å². The zero-order valence-corrected chi connectivity index (χ0v) is 18.5. The average Bonchev–Trinajstić information content (AvgIpc) is 3.04. The summed E-state index contributed by atoms with van der Waals surface area (Å²) < 4.78 is 1.72. The molecular formula is C21H22ClN5O2S. The molecule has 2 N–H and O–H groups in total. The zero-order chi connectivity index (χ0) is 21.7. The van der Waals surface area contributed by atoms with Crippen molar-refractivity contribution < 1.29 is 9.59 Å². The van der Waals surface area contributed by atoms with Gasteiger partial charge in [-0.15, -0.1) is 10.2 Å². The number of rotatable bonds is 7. The maximum Gasteiger partial charge on any atom is 0.234 e. The second-order valence-electron chi connectivity index (χ2n) is 6.79. The number of aryl methyl sites for hydroxylation is 2. The number of hydrogen-bond acceptors (Lipinski definition) is 5. The van der Waals surface area contributed by atoms with E-state index in [0.717, 1.165) is 16.8 Å². The summed E-state index contributed by atoms with van der Waals surface area (Å²) in [6.07, 6.45) is 0.0707. The van der Waals surface area contributed by atoms with E-state index >= 15 is 0 Å². The first-order valence-electron chi connectivity index (χ1n) is 9.26. The van der Waals surface area contributed by atoms with Crippen LogP contribution in [-0.4, -0.2) is 32.3 Å². The van der Waals surface area contributed by atoms with Crippen LogP contribution in [0.5, 0.6) is 0 Å². The molecule has 156 valence electrons. The average molecular weight is 444 g/mol. The summed E-state index contributed by atoms with van der Waals surface area (Å²) >= 11 is 7.12. The van der Waals surface area contributed by atoms with Gasteiger partial charge < -0.3 is 15.2 Å². The Morgan fingerprint density at radius 1 is 1.00 bits per heavy atom. The van der Waals surface area contributed by atoms with Crippen LogP contribution in [0.2, 0.25) is 5.02 Å². The van der Waals surface area contributed by atoms with E-state index in [1.54, 1.807) is 35.9 Å². The van der Waals surface area contributed by atoms with Gasteiger partial charge in [0.25, 0.3) is 0 Å². The Morgan fingerprint density at radius 2 is 1.67 bits per heavy atom. The van der Waals surface area contributed by atoms with Crippen molar-refractivity contribution >= 4 is 46.6 Å².